The first-order valence-electron chi connectivity index (χ1n) is 6.53. The molecule has 6 nitrogen and oxygen atoms in total. The number of hydrogen-bond donors (Lipinski definition) is 2. The van der Waals surface area contributed by atoms with E-state index < -0.39 is 22.0 Å². The third kappa shape index (κ3) is 3.95. The highest BCUT2D eigenvalue weighted by molar-refractivity contribution is 7.89. The van der Waals surface area contributed by atoms with E-state index in [-0.39, 0.29) is 10.8 Å². The number of rotatable bonds is 6. The van der Waals surface area contributed by atoms with Crippen LogP contribution in [0.5, 0.6) is 5.75 Å². The molecule has 0 aliphatic carbocycles. The van der Waals surface area contributed by atoms with Crippen molar-refractivity contribution < 1.29 is 23.1 Å². The molecule has 0 aliphatic rings. The number of carbonyl (C=O) groups is 1. The summed E-state index contributed by atoms with van der Waals surface area (Å²) in [4.78, 5) is 10.9. The molecule has 1 unspecified atom stereocenters. The molecule has 0 spiro atoms. The molecule has 0 amide bonds. The molecule has 118 valence electrons. The summed E-state index contributed by atoms with van der Waals surface area (Å²) in [6.45, 7) is 6.78. The Morgan fingerprint density at radius 3 is 2.29 bits per heavy atom. The maximum atomic E-state index is 12.3. The second-order valence-corrected chi connectivity index (χ2v) is 6.88. The molecule has 0 bridgehead atoms. The topological polar surface area (TPSA) is 92.7 Å². The van der Waals surface area contributed by atoms with Gasteiger partial charge in [-0.05, 0) is 43.0 Å². The first-order chi connectivity index (χ1) is 9.60. The Hall–Kier alpha value is -1.60. The zero-order chi connectivity index (χ0) is 16.4. The molecule has 1 aromatic carbocycles. The fourth-order valence-electron chi connectivity index (χ4n) is 1.94. The van der Waals surface area contributed by atoms with E-state index in [0.29, 0.717) is 11.3 Å². The molecule has 7 heteroatoms. The molecule has 0 aliphatic heterocycles. The van der Waals surface area contributed by atoms with E-state index in [4.69, 9.17) is 9.84 Å². The standard InChI is InChI=1S/C14H21NO5S/c1-8(2)11-7-13(9(3)6-12(11)20-5)21(18,19)15-10(4)14(16)17/h6-8,10,15H,1-5H3,(H,16,17). The number of nitrogens with one attached hydrogen (secondary N) is 1. The average Bonchev–Trinajstić information content (AvgIpc) is 2.36. The zero-order valence-corrected chi connectivity index (χ0v) is 13.6. The van der Waals surface area contributed by atoms with E-state index in [1.54, 1.807) is 13.0 Å². The SMILES string of the molecule is COc1cc(C)c(S(=O)(=O)NC(C)C(=O)O)cc1C(C)C. The Morgan fingerprint density at radius 2 is 1.86 bits per heavy atom. The van der Waals surface area contributed by atoms with Crippen molar-refractivity contribution in [2.45, 2.75) is 44.6 Å². The van der Waals surface area contributed by atoms with Gasteiger partial charge in [0.15, 0.2) is 0 Å². The maximum Gasteiger partial charge on any atom is 0.321 e. The second kappa shape index (κ2) is 6.44. The van der Waals surface area contributed by atoms with Gasteiger partial charge in [0, 0.05) is 0 Å². The summed E-state index contributed by atoms with van der Waals surface area (Å²) in [5.74, 6) is -0.534. The first-order valence-corrected chi connectivity index (χ1v) is 8.02. The van der Waals surface area contributed by atoms with Crippen LogP contribution in [0, 0.1) is 6.92 Å². The predicted octanol–water partition coefficient (Wildman–Crippen LogP) is 1.88. The number of methoxy groups -OCH3 is 1. The quantitative estimate of drug-likeness (QED) is 0.836. The summed E-state index contributed by atoms with van der Waals surface area (Å²) in [6, 6.07) is 1.99. The zero-order valence-electron chi connectivity index (χ0n) is 12.8. The van der Waals surface area contributed by atoms with E-state index in [9.17, 15) is 13.2 Å². The highest BCUT2D eigenvalue weighted by Gasteiger charge is 2.25. The lowest BCUT2D eigenvalue weighted by Crippen LogP contribution is -2.38. The van der Waals surface area contributed by atoms with E-state index in [1.807, 2.05) is 13.8 Å². The van der Waals surface area contributed by atoms with Crippen LogP contribution in [0.1, 0.15) is 37.8 Å². The van der Waals surface area contributed by atoms with Gasteiger partial charge in [0.25, 0.3) is 0 Å². The lowest BCUT2D eigenvalue weighted by molar-refractivity contribution is -0.138. The van der Waals surface area contributed by atoms with Gasteiger partial charge in [-0.1, -0.05) is 13.8 Å². The second-order valence-electron chi connectivity index (χ2n) is 5.20. The van der Waals surface area contributed by atoms with Gasteiger partial charge < -0.3 is 9.84 Å². The fraction of sp³-hybridized carbons (Fsp3) is 0.500. The maximum absolute atomic E-state index is 12.3. The Morgan fingerprint density at radius 1 is 1.29 bits per heavy atom. The summed E-state index contributed by atoms with van der Waals surface area (Å²) in [5, 5.41) is 8.84. The summed E-state index contributed by atoms with van der Waals surface area (Å²) >= 11 is 0. The van der Waals surface area contributed by atoms with Gasteiger partial charge in [-0.25, -0.2) is 8.42 Å². The summed E-state index contributed by atoms with van der Waals surface area (Å²) < 4.78 is 32.1. The van der Waals surface area contributed by atoms with Gasteiger partial charge in [0.2, 0.25) is 10.0 Å². The number of carboxylic acid groups (broad SMARTS) is 1. The lowest BCUT2D eigenvalue weighted by atomic mass is 10.0. The number of hydrogen-bond acceptors (Lipinski definition) is 4. The van der Waals surface area contributed by atoms with Gasteiger partial charge in [-0.3, -0.25) is 4.79 Å². The van der Waals surface area contributed by atoms with E-state index in [0.717, 1.165) is 5.56 Å². The van der Waals surface area contributed by atoms with Crippen molar-refractivity contribution in [2.75, 3.05) is 7.11 Å². The Balaban J connectivity index is 3.36. The Kier molecular flexibility index (Phi) is 5.36. The monoisotopic (exact) mass is 315 g/mol. The number of aliphatic carboxylic acids is 1. The molecule has 0 aromatic heterocycles. The van der Waals surface area contributed by atoms with Crippen molar-refractivity contribution in [3.05, 3.63) is 23.3 Å². The summed E-state index contributed by atoms with van der Waals surface area (Å²) in [7, 11) is -2.38. The van der Waals surface area contributed by atoms with Crippen LogP contribution in [0.3, 0.4) is 0 Å². The van der Waals surface area contributed by atoms with Crippen LogP contribution >= 0.6 is 0 Å². The summed E-state index contributed by atoms with van der Waals surface area (Å²) in [5.41, 5.74) is 1.26. The summed E-state index contributed by atoms with van der Waals surface area (Å²) in [6.07, 6.45) is 0. The molecule has 0 radical (unpaired) electrons. The van der Waals surface area contributed by atoms with Crippen molar-refractivity contribution in [1.29, 1.82) is 0 Å². The molecular formula is C14H21NO5S. The van der Waals surface area contributed by atoms with Crippen LogP contribution < -0.4 is 9.46 Å². The molecule has 1 rings (SSSR count). The number of ether oxygens (including phenoxy) is 1. The lowest BCUT2D eigenvalue weighted by Gasteiger charge is -2.17. The van der Waals surface area contributed by atoms with E-state index >= 15 is 0 Å². The van der Waals surface area contributed by atoms with Crippen LogP contribution in [0.4, 0.5) is 0 Å². The molecule has 21 heavy (non-hydrogen) atoms. The molecule has 2 N–H and O–H groups in total. The minimum absolute atomic E-state index is 0.0695. The van der Waals surface area contributed by atoms with Crippen molar-refractivity contribution in [1.82, 2.24) is 4.72 Å². The molecule has 0 saturated carbocycles. The molecular weight excluding hydrogens is 294 g/mol. The number of carboxylic acids is 1. The third-order valence-corrected chi connectivity index (χ3v) is 4.82. The van der Waals surface area contributed by atoms with Gasteiger partial charge in [-0.2, -0.15) is 4.72 Å². The van der Waals surface area contributed by atoms with Crippen LogP contribution in [0.15, 0.2) is 17.0 Å². The first kappa shape index (κ1) is 17.5. The highest BCUT2D eigenvalue weighted by Crippen LogP contribution is 2.31. The van der Waals surface area contributed by atoms with Crippen LogP contribution in [0.25, 0.3) is 0 Å². The van der Waals surface area contributed by atoms with Gasteiger partial charge >= 0.3 is 5.97 Å². The number of sulfonamides is 1. The van der Waals surface area contributed by atoms with Crippen molar-refractivity contribution in [3.63, 3.8) is 0 Å². The van der Waals surface area contributed by atoms with Gasteiger partial charge in [0.1, 0.15) is 11.8 Å². The number of aryl methyl sites for hydroxylation is 1. The normalized spacial score (nSPS) is 13.2. The minimum atomic E-state index is -3.90. The van der Waals surface area contributed by atoms with Gasteiger partial charge in [-0.15, -0.1) is 0 Å². The van der Waals surface area contributed by atoms with Crippen molar-refractivity contribution >= 4 is 16.0 Å². The number of benzene rings is 1. The van der Waals surface area contributed by atoms with Crippen LogP contribution in [-0.4, -0.2) is 32.6 Å². The Bertz CT molecular complexity index is 637. The predicted molar refractivity (Wildman–Crippen MR) is 79.2 cm³/mol. The molecule has 0 saturated heterocycles. The third-order valence-electron chi connectivity index (χ3n) is 3.14. The Labute approximate surface area is 125 Å². The largest absolute Gasteiger partial charge is 0.496 e. The average molecular weight is 315 g/mol. The van der Waals surface area contributed by atoms with Crippen LogP contribution in [0.2, 0.25) is 0 Å². The van der Waals surface area contributed by atoms with E-state index in [2.05, 4.69) is 4.72 Å². The highest BCUT2D eigenvalue weighted by atomic mass is 32.2. The van der Waals surface area contributed by atoms with E-state index in [1.165, 1.54) is 20.1 Å². The van der Waals surface area contributed by atoms with Crippen LogP contribution in [-0.2, 0) is 14.8 Å². The molecule has 0 fully saturated rings. The van der Waals surface area contributed by atoms with Crippen molar-refractivity contribution in [3.8, 4) is 5.75 Å². The molecule has 1 aromatic rings. The van der Waals surface area contributed by atoms with Gasteiger partial charge in [0.05, 0.1) is 12.0 Å². The fourth-order valence-corrected chi connectivity index (χ4v) is 3.40. The van der Waals surface area contributed by atoms with Crippen molar-refractivity contribution in [2.24, 2.45) is 0 Å². The minimum Gasteiger partial charge on any atom is -0.496 e. The smallest absolute Gasteiger partial charge is 0.321 e. The molecule has 0 heterocycles. The molecule has 1 atom stereocenters.